The van der Waals surface area contributed by atoms with Gasteiger partial charge in [-0.25, -0.2) is 4.39 Å². The summed E-state index contributed by atoms with van der Waals surface area (Å²) in [5, 5.41) is 0. The fraction of sp³-hybridized carbons (Fsp3) is 0.571. The van der Waals surface area contributed by atoms with Crippen molar-refractivity contribution in [1.29, 1.82) is 0 Å². The van der Waals surface area contributed by atoms with Crippen molar-refractivity contribution in [2.45, 2.75) is 44.4 Å². The average molecular weight is 300 g/mol. The monoisotopic (exact) mass is 299 g/mol. The molecule has 2 N–H and O–H groups in total. The van der Waals surface area contributed by atoms with Gasteiger partial charge in [0.1, 0.15) is 5.82 Å². The first-order chi connectivity index (χ1) is 8.00. The second kappa shape index (κ2) is 4.69. The highest BCUT2D eigenvalue weighted by molar-refractivity contribution is 9.10. The molecular formula is C14H19BrFN. The van der Waals surface area contributed by atoms with Gasteiger partial charge in [-0.1, -0.05) is 26.3 Å². The van der Waals surface area contributed by atoms with Crippen LogP contribution in [0.25, 0.3) is 0 Å². The van der Waals surface area contributed by atoms with E-state index in [0.717, 1.165) is 18.4 Å². The van der Waals surface area contributed by atoms with Crippen molar-refractivity contribution in [3.63, 3.8) is 0 Å². The van der Waals surface area contributed by atoms with Crippen molar-refractivity contribution in [2.24, 2.45) is 5.73 Å². The van der Waals surface area contributed by atoms with Crippen molar-refractivity contribution in [3.8, 4) is 0 Å². The van der Waals surface area contributed by atoms with Gasteiger partial charge >= 0.3 is 0 Å². The minimum atomic E-state index is -0.129. The number of rotatable bonds is 3. The molecule has 0 atom stereocenters. The molecule has 2 rings (SSSR count). The molecule has 0 heterocycles. The van der Waals surface area contributed by atoms with Gasteiger partial charge in [0.2, 0.25) is 0 Å². The number of hydrogen-bond acceptors (Lipinski definition) is 1. The van der Waals surface area contributed by atoms with Crippen LogP contribution in [0.4, 0.5) is 4.39 Å². The van der Waals surface area contributed by atoms with E-state index in [-0.39, 0.29) is 17.2 Å². The van der Waals surface area contributed by atoms with Gasteiger partial charge in [-0.05, 0) is 51.9 Å². The zero-order valence-electron chi connectivity index (χ0n) is 10.4. The quantitative estimate of drug-likeness (QED) is 0.894. The van der Waals surface area contributed by atoms with Crippen molar-refractivity contribution < 1.29 is 4.39 Å². The summed E-state index contributed by atoms with van der Waals surface area (Å²) < 4.78 is 14.5. The third-order valence-electron chi connectivity index (χ3n) is 3.99. The lowest BCUT2D eigenvalue weighted by molar-refractivity contribution is 0.252. The molecule has 94 valence electrons. The Kier molecular flexibility index (Phi) is 3.60. The summed E-state index contributed by atoms with van der Waals surface area (Å²) in [5.41, 5.74) is 7.99. The number of nitrogens with two attached hydrogens (primary N) is 1. The van der Waals surface area contributed by atoms with E-state index in [1.54, 1.807) is 0 Å². The molecule has 1 aliphatic carbocycles. The third-order valence-corrected chi connectivity index (χ3v) is 4.57. The van der Waals surface area contributed by atoms with E-state index in [1.807, 2.05) is 26.0 Å². The molecule has 1 saturated carbocycles. The summed E-state index contributed by atoms with van der Waals surface area (Å²) in [6.45, 7) is 4.69. The Morgan fingerprint density at radius 1 is 1.41 bits per heavy atom. The molecule has 0 radical (unpaired) electrons. The van der Waals surface area contributed by atoms with E-state index in [2.05, 4.69) is 15.9 Å². The summed E-state index contributed by atoms with van der Waals surface area (Å²) >= 11 is 3.32. The summed E-state index contributed by atoms with van der Waals surface area (Å²) in [7, 11) is 0. The van der Waals surface area contributed by atoms with Crippen LogP contribution in [0.1, 0.15) is 50.2 Å². The topological polar surface area (TPSA) is 26.0 Å². The van der Waals surface area contributed by atoms with Crippen LogP contribution in [0.2, 0.25) is 0 Å². The van der Waals surface area contributed by atoms with Gasteiger partial charge in [0.25, 0.3) is 0 Å². The highest BCUT2D eigenvalue weighted by atomic mass is 79.9. The van der Waals surface area contributed by atoms with Gasteiger partial charge in [0.05, 0.1) is 4.47 Å². The van der Waals surface area contributed by atoms with Crippen LogP contribution in [0.3, 0.4) is 0 Å². The number of benzene rings is 1. The molecule has 0 amide bonds. The molecule has 0 saturated heterocycles. The van der Waals surface area contributed by atoms with Gasteiger partial charge in [-0.15, -0.1) is 0 Å². The molecule has 17 heavy (non-hydrogen) atoms. The zero-order chi connectivity index (χ0) is 12.6. The van der Waals surface area contributed by atoms with E-state index >= 15 is 0 Å². The molecule has 1 aromatic rings. The highest BCUT2D eigenvalue weighted by Crippen LogP contribution is 2.44. The van der Waals surface area contributed by atoms with Gasteiger partial charge in [-0.2, -0.15) is 0 Å². The Labute approximate surface area is 111 Å². The van der Waals surface area contributed by atoms with E-state index in [9.17, 15) is 4.39 Å². The minimum Gasteiger partial charge on any atom is -0.330 e. The maximum Gasteiger partial charge on any atom is 0.140 e. The largest absolute Gasteiger partial charge is 0.330 e. The lowest BCUT2D eigenvalue weighted by Gasteiger charge is -2.42. The van der Waals surface area contributed by atoms with Crippen LogP contribution in [0.15, 0.2) is 16.6 Å². The van der Waals surface area contributed by atoms with Crippen molar-refractivity contribution >= 4 is 15.9 Å². The summed E-state index contributed by atoms with van der Waals surface area (Å²) in [6.07, 6.45) is 3.47. The molecule has 0 bridgehead atoms. The van der Waals surface area contributed by atoms with Crippen molar-refractivity contribution in [1.82, 2.24) is 0 Å². The molecule has 0 aromatic heterocycles. The standard InChI is InChI=1S/C14H19BrFN/c1-9(2)11-6-10(7-12(15)13(11)16)14(8-17)4-3-5-14/h6-7,9H,3-5,8,17H2,1-2H3. The highest BCUT2D eigenvalue weighted by Gasteiger charge is 2.38. The van der Waals surface area contributed by atoms with Crippen LogP contribution >= 0.6 is 15.9 Å². The smallest absolute Gasteiger partial charge is 0.140 e. The first-order valence-electron chi connectivity index (χ1n) is 6.19. The van der Waals surface area contributed by atoms with Gasteiger partial charge in [0, 0.05) is 12.0 Å². The fourth-order valence-electron chi connectivity index (χ4n) is 2.55. The number of halogens is 2. The van der Waals surface area contributed by atoms with Crippen LogP contribution in [-0.4, -0.2) is 6.54 Å². The molecule has 0 aliphatic heterocycles. The molecule has 1 fully saturated rings. The van der Waals surface area contributed by atoms with E-state index in [1.165, 1.54) is 12.0 Å². The Morgan fingerprint density at radius 2 is 2.06 bits per heavy atom. The SMILES string of the molecule is CC(C)c1cc(C2(CN)CCC2)cc(Br)c1F. The first kappa shape index (κ1) is 13.0. The van der Waals surface area contributed by atoms with E-state index < -0.39 is 0 Å². The summed E-state index contributed by atoms with van der Waals surface area (Å²) in [4.78, 5) is 0. The summed E-state index contributed by atoms with van der Waals surface area (Å²) in [5.74, 6) is 0.0661. The predicted octanol–water partition coefficient (Wildman–Crippen LogP) is 4.09. The summed E-state index contributed by atoms with van der Waals surface area (Å²) in [6, 6.07) is 3.92. The molecule has 1 nitrogen and oxygen atoms in total. The maximum absolute atomic E-state index is 14.0. The van der Waals surface area contributed by atoms with Crippen molar-refractivity contribution in [2.75, 3.05) is 6.54 Å². The van der Waals surface area contributed by atoms with Crippen LogP contribution < -0.4 is 5.73 Å². The van der Waals surface area contributed by atoms with Crippen LogP contribution in [0.5, 0.6) is 0 Å². The second-order valence-corrected chi connectivity index (χ2v) is 6.21. The molecule has 1 aliphatic rings. The average Bonchev–Trinajstić information content (AvgIpc) is 2.21. The Hall–Kier alpha value is -0.410. The lowest BCUT2D eigenvalue weighted by Crippen LogP contribution is -2.41. The molecule has 0 unspecified atom stereocenters. The second-order valence-electron chi connectivity index (χ2n) is 5.35. The Balaban J connectivity index is 2.49. The minimum absolute atomic E-state index is 0.0971. The Bertz CT molecular complexity index is 419. The maximum atomic E-state index is 14.0. The van der Waals surface area contributed by atoms with E-state index in [0.29, 0.717) is 11.0 Å². The Morgan fingerprint density at radius 3 is 2.47 bits per heavy atom. The predicted molar refractivity (Wildman–Crippen MR) is 72.8 cm³/mol. The van der Waals surface area contributed by atoms with Gasteiger partial charge in [-0.3, -0.25) is 0 Å². The van der Waals surface area contributed by atoms with Gasteiger partial charge < -0.3 is 5.73 Å². The van der Waals surface area contributed by atoms with Gasteiger partial charge in [0.15, 0.2) is 0 Å². The molecule has 0 spiro atoms. The number of hydrogen-bond donors (Lipinski definition) is 1. The van der Waals surface area contributed by atoms with Crippen LogP contribution in [0, 0.1) is 5.82 Å². The fourth-order valence-corrected chi connectivity index (χ4v) is 3.03. The zero-order valence-corrected chi connectivity index (χ0v) is 12.0. The third kappa shape index (κ3) is 2.15. The lowest BCUT2D eigenvalue weighted by atomic mass is 9.64. The molecule has 3 heteroatoms. The first-order valence-corrected chi connectivity index (χ1v) is 6.99. The van der Waals surface area contributed by atoms with Crippen LogP contribution in [-0.2, 0) is 5.41 Å². The van der Waals surface area contributed by atoms with Crippen molar-refractivity contribution in [3.05, 3.63) is 33.5 Å². The molecular weight excluding hydrogens is 281 g/mol. The normalized spacial score (nSPS) is 18.2. The van der Waals surface area contributed by atoms with E-state index in [4.69, 9.17) is 5.73 Å². The molecule has 1 aromatic carbocycles.